The molecule has 0 N–H and O–H groups in total. The van der Waals surface area contributed by atoms with Crippen molar-refractivity contribution in [2.45, 2.75) is 32.1 Å². The lowest BCUT2D eigenvalue weighted by molar-refractivity contribution is -0.129. The maximum Gasteiger partial charge on any atom is 0.140 e. The molecule has 15 heavy (non-hydrogen) atoms. The molecule has 1 saturated heterocycles. The van der Waals surface area contributed by atoms with E-state index in [0.29, 0.717) is 24.4 Å². The van der Waals surface area contributed by atoms with E-state index in [-0.39, 0.29) is 11.8 Å². The third kappa shape index (κ3) is 2.46. The van der Waals surface area contributed by atoms with Crippen LogP contribution in [0.1, 0.15) is 32.1 Å². The summed E-state index contributed by atoms with van der Waals surface area (Å²) in [6.45, 7) is 1.96. The van der Waals surface area contributed by atoms with Gasteiger partial charge < -0.3 is 4.90 Å². The molecule has 0 bridgehead atoms. The molecule has 1 aliphatic carbocycles. The Kier molecular flexibility index (Phi) is 3.19. The molecule has 0 radical (unpaired) electrons. The number of carbonyl (C=O) groups is 2. The molecular weight excluding hydrogens is 190 g/mol. The van der Waals surface area contributed by atoms with Crippen LogP contribution in [-0.2, 0) is 9.59 Å². The Hall–Kier alpha value is -0.700. The molecule has 3 heteroatoms. The van der Waals surface area contributed by atoms with Crippen molar-refractivity contribution in [3.8, 4) is 0 Å². The van der Waals surface area contributed by atoms with Crippen molar-refractivity contribution in [2.24, 2.45) is 11.8 Å². The Morgan fingerprint density at radius 1 is 1.20 bits per heavy atom. The molecule has 1 saturated carbocycles. The minimum Gasteiger partial charge on any atom is -0.306 e. The van der Waals surface area contributed by atoms with Gasteiger partial charge in [-0.05, 0) is 32.9 Å². The molecule has 2 rings (SSSR count). The highest BCUT2D eigenvalue weighted by Gasteiger charge is 2.33. The van der Waals surface area contributed by atoms with Crippen molar-refractivity contribution >= 4 is 11.6 Å². The van der Waals surface area contributed by atoms with E-state index in [1.165, 1.54) is 0 Å². The van der Waals surface area contributed by atoms with Gasteiger partial charge in [0.25, 0.3) is 0 Å². The lowest BCUT2D eigenvalue weighted by atomic mass is 9.81. The van der Waals surface area contributed by atoms with Crippen molar-refractivity contribution < 1.29 is 9.59 Å². The lowest BCUT2D eigenvalue weighted by Crippen LogP contribution is -2.29. The topological polar surface area (TPSA) is 37.4 Å². The highest BCUT2D eigenvalue weighted by Crippen LogP contribution is 2.28. The largest absolute Gasteiger partial charge is 0.306 e. The van der Waals surface area contributed by atoms with E-state index in [2.05, 4.69) is 11.9 Å². The van der Waals surface area contributed by atoms with Crippen LogP contribution in [0.25, 0.3) is 0 Å². The maximum atomic E-state index is 12.1. The second-order valence-corrected chi connectivity index (χ2v) is 4.96. The molecule has 0 amide bonds. The Bertz CT molecular complexity index is 265. The molecule has 1 atom stereocenters. The van der Waals surface area contributed by atoms with Gasteiger partial charge in [-0.1, -0.05) is 0 Å². The van der Waals surface area contributed by atoms with Gasteiger partial charge in [-0.3, -0.25) is 9.59 Å². The average Bonchev–Trinajstić information content (AvgIpc) is 2.65. The molecule has 2 aliphatic rings. The second kappa shape index (κ2) is 4.44. The van der Waals surface area contributed by atoms with E-state index in [9.17, 15) is 9.59 Å². The molecule has 0 aromatic rings. The third-order valence-corrected chi connectivity index (χ3v) is 3.74. The Morgan fingerprint density at radius 3 is 2.40 bits per heavy atom. The van der Waals surface area contributed by atoms with Crippen LogP contribution >= 0.6 is 0 Å². The quantitative estimate of drug-likeness (QED) is 0.687. The summed E-state index contributed by atoms with van der Waals surface area (Å²) in [6, 6.07) is 0. The molecule has 1 unspecified atom stereocenters. The number of nitrogens with zero attached hydrogens (tertiary/aromatic N) is 1. The van der Waals surface area contributed by atoms with E-state index in [1.54, 1.807) is 0 Å². The summed E-state index contributed by atoms with van der Waals surface area (Å²) in [6.07, 6.45) is 3.87. The van der Waals surface area contributed by atoms with Crippen LogP contribution in [0.5, 0.6) is 0 Å². The molecule has 0 aromatic carbocycles. The fourth-order valence-corrected chi connectivity index (χ4v) is 2.72. The van der Waals surface area contributed by atoms with E-state index in [1.807, 2.05) is 0 Å². The van der Waals surface area contributed by atoms with Crippen molar-refractivity contribution in [2.75, 3.05) is 20.1 Å². The van der Waals surface area contributed by atoms with Gasteiger partial charge in [-0.15, -0.1) is 0 Å². The van der Waals surface area contributed by atoms with Crippen LogP contribution in [0.3, 0.4) is 0 Å². The summed E-state index contributed by atoms with van der Waals surface area (Å²) >= 11 is 0. The van der Waals surface area contributed by atoms with E-state index < -0.39 is 0 Å². The van der Waals surface area contributed by atoms with Crippen LogP contribution in [0, 0.1) is 11.8 Å². The van der Waals surface area contributed by atoms with Gasteiger partial charge in [-0.2, -0.15) is 0 Å². The van der Waals surface area contributed by atoms with E-state index in [0.717, 1.165) is 32.4 Å². The SMILES string of the molecule is CN1CCC(C(=O)C2CCC(=O)CC2)C1. The van der Waals surface area contributed by atoms with Crippen LogP contribution in [0.4, 0.5) is 0 Å². The molecule has 84 valence electrons. The first kappa shape index (κ1) is 10.8. The zero-order valence-electron chi connectivity index (χ0n) is 9.37. The smallest absolute Gasteiger partial charge is 0.140 e. The summed E-state index contributed by atoms with van der Waals surface area (Å²) in [5, 5.41) is 0. The first-order valence-electron chi connectivity index (χ1n) is 5.91. The van der Waals surface area contributed by atoms with Crippen molar-refractivity contribution in [3.05, 3.63) is 0 Å². The summed E-state index contributed by atoms with van der Waals surface area (Å²) in [7, 11) is 2.07. The number of rotatable bonds is 2. The third-order valence-electron chi connectivity index (χ3n) is 3.74. The highest BCUT2D eigenvalue weighted by molar-refractivity contribution is 5.87. The van der Waals surface area contributed by atoms with Crippen LogP contribution in [-0.4, -0.2) is 36.6 Å². The standard InChI is InChI=1S/C12H19NO2/c1-13-7-6-10(8-13)12(15)9-2-4-11(14)5-3-9/h9-10H,2-8H2,1H3. The fourth-order valence-electron chi connectivity index (χ4n) is 2.72. The van der Waals surface area contributed by atoms with Crippen LogP contribution < -0.4 is 0 Å². The first-order valence-corrected chi connectivity index (χ1v) is 5.91. The summed E-state index contributed by atoms with van der Waals surface area (Å²) < 4.78 is 0. The second-order valence-electron chi connectivity index (χ2n) is 4.96. The first-order chi connectivity index (χ1) is 7.16. The highest BCUT2D eigenvalue weighted by atomic mass is 16.1. The minimum absolute atomic E-state index is 0.180. The number of likely N-dealkylation sites (tertiary alicyclic amines) is 1. The number of hydrogen-bond acceptors (Lipinski definition) is 3. The minimum atomic E-state index is 0.180. The lowest BCUT2D eigenvalue weighted by Gasteiger charge is -2.22. The summed E-state index contributed by atoms with van der Waals surface area (Å²) in [5.41, 5.74) is 0. The number of ketones is 2. The Labute approximate surface area is 90.8 Å². The molecule has 3 nitrogen and oxygen atoms in total. The number of Topliss-reactive ketones (excluding diaryl/α,β-unsaturated/α-hetero) is 2. The van der Waals surface area contributed by atoms with Gasteiger partial charge in [0.15, 0.2) is 0 Å². The molecule has 1 aliphatic heterocycles. The fraction of sp³-hybridized carbons (Fsp3) is 0.833. The van der Waals surface area contributed by atoms with Gasteiger partial charge in [0, 0.05) is 31.2 Å². The van der Waals surface area contributed by atoms with Crippen LogP contribution in [0.2, 0.25) is 0 Å². The predicted molar refractivity (Wildman–Crippen MR) is 57.6 cm³/mol. The maximum absolute atomic E-state index is 12.1. The van der Waals surface area contributed by atoms with Gasteiger partial charge in [0.2, 0.25) is 0 Å². The zero-order chi connectivity index (χ0) is 10.8. The normalized spacial score (nSPS) is 29.7. The van der Waals surface area contributed by atoms with Gasteiger partial charge in [0.1, 0.15) is 11.6 Å². The van der Waals surface area contributed by atoms with Crippen molar-refractivity contribution in [3.63, 3.8) is 0 Å². The monoisotopic (exact) mass is 209 g/mol. The molecule has 1 heterocycles. The van der Waals surface area contributed by atoms with Gasteiger partial charge >= 0.3 is 0 Å². The Balaban J connectivity index is 1.88. The molecule has 2 fully saturated rings. The van der Waals surface area contributed by atoms with Crippen molar-refractivity contribution in [1.29, 1.82) is 0 Å². The predicted octanol–water partition coefficient (Wildman–Crippen LogP) is 1.27. The summed E-state index contributed by atoms with van der Waals surface area (Å²) in [5.74, 6) is 1.18. The van der Waals surface area contributed by atoms with Crippen molar-refractivity contribution in [1.82, 2.24) is 4.90 Å². The number of carbonyl (C=O) groups excluding carboxylic acids is 2. The zero-order valence-corrected chi connectivity index (χ0v) is 9.37. The van der Waals surface area contributed by atoms with Crippen LogP contribution in [0.15, 0.2) is 0 Å². The number of hydrogen-bond donors (Lipinski definition) is 0. The van der Waals surface area contributed by atoms with E-state index >= 15 is 0 Å². The average molecular weight is 209 g/mol. The molecule has 0 spiro atoms. The van der Waals surface area contributed by atoms with E-state index in [4.69, 9.17) is 0 Å². The summed E-state index contributed by atoms with van der Waals surface area (Å²) in [4.78, 5) is 25.4. The van der Waals surface area contributed by atoms with Gasteiger partial charge in [-0.25, -0.2) is 0 Å². The molecule has 0 aromatic heterocycles. The molecular formula is C12H19NO2. The van der Waals surface area contributed by atoms with Gasteiger partial charge in [0.05, 0.1) is 0 Å². The Morgan fingerprint density at radius 2 is 1.87 bits per heavy atom.